The monoisotopic (exact) mass is 281 g/mol. The fraction of sp³-hybridized carbons (Fsp3) is 0.882. The molecule has 3 nitrogen and oxygen atoms in total. The third-order valence-electron chi connectivity index (χ3n) is 4.92. The van der Waals surface area contributed by atoms with Gasteiger partial charge in [0, 0.05) is 20.3 Å². The van der Waals surface area contributed by atoms with Gasteiger partial charge in [-0.05, 0) is 51.5 Å². The Morgan fingerprint density at radius 2 is 2.15 bits per heavy atom. The summed E-state index contributed by atoms with van der Waals surface area (Å²) in [6.07, 6.45) is 11.3. The van der Waals surface area contributed by atoms with E-state index in [1.807, 2.05) is 0 Å². The lowest BCUT2D eigenvalue weighted by Gasteiger charge is -2.38. The van der Waals surface area contributed by atoms with Crippen molar-refractivity contribution < 1.29 is 9.47 Å². The van der Waals surface area contributed by atoms with Gasteiger partial charge in [0.25, 0.3) is 0 Å². The molecule has 20 heavy (non-hydrogen) atoms. The van der Waals surface area contributed by atoms with E-state index in [0.717, 1.165) is 38.6 Å². The molecule has 1 aliphatic carbocycles. The first-order chi connectivity index (χ1) is 9.76. The summed E-state index contributed by atoms with van der Waals surface area (Å²) in [7, 11) is 1.75. The number of hydrogen-bond acceptors (Lipinski definition) is 3. The molecule has 0 aromatic rings. The second-order valence-corrected chi connectivity index (χ2v) is 6.41. The summed E-state index contributed by atoms with van der Waals surface area (Å²) >= 11 is 0. The van der Waals surface area contributed by atoms with Gasteiger partial charge in [0.2, 0.25) is 0 Å². The summed E-state index contributed by atoms with van der Waals surface area (Å²) in [6.45, 7) is 6.07. The number of nitrogens with one attached hydrogen (secondary N) is 1. The highest BCUT2D eigenvalue weighted by atomic mass is 16.5. The molecule has 0 amide bonds. The van der Waals surface area contributed by atoms with Crippen molar-refractivity contribution in [1.82, 2.24) is 5.32 Å². The number of methoxy groups -OCH3 is 1. The first kappa shape index (κ1) is 16.0. The average molecular weight is 281 g/mol. The van der Waals surface area contributed by atoms with E-state index in [1.54, 1.807) is 12.7 Å². The molecule has 0 bridgehead atoms. The van der Waals surface area contributed by atoms with E-state index in [1.165, 1.54) is 38.5 Å². The Morgan fingerprint density at radius 3 is 2.90 bits per heavy atom. The van der Waals surface area contributed by atoms with Gasteiger partial charge in [-0.2, -0.15) is 0 Å². The van der Waals surface area contributed by atoms with E-state index in [2.05, 4.69) is 18.3 Å². The van der Waals surface area contributed by atoms with Crippen molar-refractivity contribution in [3.8, 4) is 0 Å². The third kappa shape index (κ3) is 4.57. The molecule has 1 unspecified atom stereocenters. The summed E-state index contributed by atoms with van der Waals surface area (Å²) in [5, 5.41) is 3.40. The Bertz CT molecular complexity index is 308. The minimum Gasteiger partial charge on any atom is -0.383 e. The van der Waals surface area contributed by atoms with Gasteiger partial charge in [-0.3, -0.25) is 0 Å². The van der Waals surface area contributed by atoms with Gasteiger partial charge in [0.05, 0.1) is 12.2 Å². The van der Waals surface area contributed by atoms with Crippen LogP contribution >= 0.6 is 0 Å². The predicted molar refractivity (Wildman–Crippen MR) is 83.0 cm³/mol. The number of rotatable bonds is 7. The molecular weight excluding hydrogens is 250 g/mol. The molecule has 1 aliphatic heterocycles. The molecule has 1 saturated heterocycles. The van der Waals surface area contributed by atoms with Gasteiger partial charge in [-0.15, -0.1) is 0 Å². The zero-order valence-corrected chi connectivity index (χ0v) is 13.2. The second-order valence-electron chi connectivity index (χ2n) is 6.41. The van der Waals surface area contributed by atoms with E-state index in [0.29, 0.717) is 0 Å². The Labute approximate surface area is 124 Å². The van der Waals surface area contributed by atoms with Gasteiger partial charge >= 0.3 is 0 Å². The molecular formula is C17H31NO2. The van der Waals surface area contributed by atoms with E-state index in [4.69, 9.17) is 9.47 Å². The van der Waals surface area contributed by atoms with Gasteiger partial charge in [-0.25, -0.2) is 0 Å². The molecule has 2 fully saturated rings. The molecule has 1 atom stereocenters. The molecule has 1 heterocycles. The van der Waals surface area contributed by atoms with Crippen molar-refractivity contribution in [3.63, 3.8) is 0 Å². The fourth-order valence-corrected chi connectivity index (χ4v) is 3.65. The van der Waals surface area contributed by atoms with Crippen LogP contribution in [0.15, 0.2) is 11.6 Å². The van der Waals surface area contributed by atoms with Crippen LogP contribution in [0.4, 0.5) is 0 Å². The van der Waals surface area contributed by atoms with Crippen molar-refractivity contribution in [1.29, 1.82) is 0 Å². The standard InChI is InChI=1S/C17H31NO2/c1-15(6-5-10-18-11-13-19-2)16-7-12-20-17(14-16)8-3-4-9-17/h6,16,18H,3-5,7-14H2,1-2H3/b15-6-. The van der Waals surface area contributed by atoms with E-state index in [9.17, 15) is 0 Å². The Kier molecular flexibility index (Phi) is 6.53. The highest BCUT2D eigenvalue weighted by molar-refractivity contribution is 5.08. The minimum absolute atomic E-state index is 0.245. The van der Waals surface area contributed by atoms with Crippen molar-refractivity contribution in [3.05, 3.63) is 11.6 Å². The van der Waals surface area contributed by atoms with Crippen molar-refractivity contribution in [2.75, 3.05) is 33.4 Å². The summed E-state index contributed by atoms with van der Waals surface area (Å²) < 4.78 is 11.1. The zero-order valence-electron chi connectivity index (χ0n) is 13.2. The lowest BCUT2D eigenvalue weighted by molar-refractivity contribution is -0.0869. The van der Waals surface area contributed by atoms with Gasteiger partial charge in [-0.1, -0.05) is 24.5 Å². The molecule has 3 heteroatoms. The average Bonchev–Trinajstić information content (AvgIpc) is 2.90. The lowest BCUT2D eigenvalue weighted by Crippen LogP contribution is -2.37. The van der Waals surface area contributed by atoms with Crippen LogP contribution in [-0.4, -0.2) is 39.0 Å². The summed E-state index contributed by atoms with van der Waals surface area (Å²) in [4.78, 5) is 0. The summed E-state index contributed by atoms with van der Waals surface area (Å²) in [6, 6.07) is 0. The number of hydrogen-bond donors (Lipinski definition) is 1. The van der Waals surface area contributed by atoms with Crippen molar-refractivity contribution >= 4 is 0 Å². The molecule has 0 aromatic heterocycles. The first-order valence-corrected chi connectivity index (χ1v) is 8.26. The molecule has 1 spiro atoms. The normalized spacial score (nSPS) is 26.3. The molecule has 1 saturated carbocycles. The Hall–Kier alpha value is -0.380. The van der Waals surface area contributed by atoms with Gasteiger partial charge in [0.1, 0.15) is 0 Å². The first-order valence-electron chi connectivity index (χ1n) is 8.26. The van der Waals surface area contributed by atoms with Crippen molar-refractivity contribution in [2.24, 2.45) is 5.92 Å². The van der Waals surface area contributed by atoms with E-state index >= 15 is 0 Å². The quantitative estimate of drug-likeness (QED) is 0.574. The largest absolute Gasteiger partial charge is 0.383 e. The van der Waals surface area contributed by atoms with E-state index < -0.39 is 0 Å². The smallest absolute Gasteiger partial charge is 0.0688 e. The molecule has 2 aliphatic rings. The van der Waals surface area contributed by atoms with Gasteiger partial charge in [0.15, 0.2) is 0 Å². The fourth-order valence-electron chi connectivity index (χ4n) is 3.65. The van der Waals surface area contributed by atoms with Crippen LogP contribution in [0, 0.1) is 5.92 Å². The molecule has 0 radical (unpaired) electrons. The third-order valence-corrected chi connectivity index (χ3v) is 4.92. The molecule has 2 rings (SSSR count). The minimum atomic E-state index is 0.245. The van der Waals surface area contributed by atoms with E-state index in [-0.39, 0.29) is 5.60 Å². The van der Waals surface area contributed by atoms with Crippen LogP contribution in [0.2, 0.25) is 0 Å². The van der Waals surface area contributed by atoms with Crippen LogP contribution in [0.25, 0.3) is 0 Å². The second kappa shape index (κ2) is 8.16. The topological polar surface area (TPSA) is 30.5 Å². The maximum atomic E-state index is 6.12. The SMILES string of the molecule is COCCNCC/C=C(/C)C1CCOC2(CCCC2)C1. The maximum absolute atomic E-state index is 6.12. The Morgan fingerprint density at radius 1 is 1.35 bits per heavy atom. The van der Waals surface area contributed by atoms with Crippen LogP contribution < -0.4 is 5.32 Å². The zero-order chi connectivity index (χ0) is 14.3. The number of ether oxygens (including phenoxy) is 2. The summed E-state index contributed by atoms with van der Waals surface area (Å²) in [5.41, 5.74) is 1.82. The van der Waals surface area contributed by atoms with Crippen LogP contribution in [0.1, 0.15) is 51.9 Å². The number of allylic oxidation sites excluding steroid dienone is 1. The predicted octanol–water partition coefficient (Wildman–Crippen LogP) is 3.30. The lowest BCUT2D eigenvalue weighted by atomic mass is 9.81. The van der Waals surface area contributed by atoms with Gasteiger partial charge < -0.3 is 14.8 Å². The van der Waals surface area contributed by atoms with Crippen LogP contribution in [0.5, 0.6) is 0 Å². The van der Waals surface area contributed by atoms with Crippen LogP contribution in [-0.2, 0) is 9.47 Å². The highest BCUT2D eigenvalue weighted by Gasteiger charge is 2.39. The highest BCUT2D eigenvalue weighted by Crippen LogP contribution is 2.43. The van der Waals surface area contributed by atoms with Crippen molar-refractivity contribution in [2.45, 2.75) is 57.5 Å². The Balaban J connectivity index is 1.72. The van der Waals surface area contributed by atoms with Crippen LogP contribution in [0.3, 0.4) is 0 Å². The maximum Gasteiger partial charge on any atom is 0.0688 e. The molecule has 116 valence electrons. The summed E-state index contributed by atoms with van der Waals surface area (Å²) in [5.74, 6) is 0.751. The molecule has 0 aromatic carbocycles. The molecule has 1 N–H and O–H groups in total.